The molecular formula is C21H25ClFNO7S. The van der Waals surface area contributed by atoms with E-state index in [9.17, 15) is 17.6 Å². The summed E-state index contributed by atoms with van der Waals surface area (Å²) in [7, 11) is -4.13. The molecule has 0 saturated carbocycles. The third kappa shape index (κ3) is 4.14. The monoisotopic (exact) mass is 489 g/mol. The molecule has 0 amide bonds. The first-order valence-corrected chi connectivity index (χ1v) is 12.4. The van der Waals surface area contributed by atoms with Crippen LogP contribution in [-0.4, -0.2) is 56.9 Å². The fourth-order valence-corrected chi connectivity index (χ4v) is 6.24. The van der Waals surface area contributed by atoms with E-state index in [1.54, 1.807) is 6.92 Å². The first kappa shape index (κ1) is 23.4. The lowest BCUT2D eigenvalue weighted by Crippen LogP contribution is -2.44. The molecule has 4 unspecified atom stereocenters. The van der Waals surface area contributed by atoms with E-state index in [1.165, 1.54) is 12.1 Å². The highest BCUT2D eigenvalue weighted by molar-refractivity contribution is 7.93. The number of halogens is 2. The van der Waals surface area contributed by atoms with Crippen LogP contribution >= 0.6 is 11.6 Å². The Morgan fingerprint density at radius 1 is 1.38 bits per heavy atom. The summed E-state index contributed by atoms with van der Waals surface area (Å²) in [6.45, 7) is 4.40. The van der Waals surface area contributed by atoms with Crippen molar-refractivity contribution < 1.29 is 36.6 Å². The molecule has 4 rings (SSSR count). The van der Waals surface area contributed by atoms with Gasteiger partial charge in [0.25, 0.3) is 0 Å². The maximum Gasteiger partial charge on any atom is 0.335 e. The van der Waals surface area contributed by atoms with Gasteiger partial charge in [-0.3, -0.25) is 4.72 Å². The predicted octanol–water partition coefficient (Wildman–Crippen LogP) is 3.16. The molecule has 1 N–H and O–H groups in total. The number of carbonyl (C=O) groups excluding carboxylic acids is 1. The van der Waals surface area contributed by atoms with Crippen molar-refractivity contribution in [2.45, 2.75) is 55.9 Å². The van der Waals surface area contributed by atoms with Crippen molar-refractivity contribution in [3.63, 3.8) is 0 Å². The quantitative estimate of drug-likeness (QED) is 0.612. The maximum absolute atomic E-state index is 13.3. The average molecular weight is 490 g/mol. The Labute approximate surface area is 191 Å². The second-order valence-corrected chi connectivity index (χ2v) is 10.3. The summed E-state index contributed by atoms with van der Waals surface area (Å²) in [4.78, 5) is 12.8. The van der Waals surface area contributed by atoms with E-state index in [0.717, 1.165) is 12.1 Å². The van der Waals surface area contributed by atoms with Crippen LogP contribution in [0.3, 0.4) is 0 Å². The molecule has 1 spiro atoms. The summed E-state index contributed by atoms with van der Waals surface area (Å²) in [5, 5.41) is -1.32. The van der Waals surface area contributed by atoms with Crippen molar-refractivity contribution in [3.05, 3.63) is 40.7 Å². The SMILES string of the molecule is CCOC(=O)C1=CC2(CCC1S(=O)(=O)Nc1ccc(F)cc1Cl)OC1COCC1(CC)O2. The summed E-state index contributed by atoms with van der Waals surface area (Å²) >= 11 is 5.98. The van der Waals surface area contributed by atoms with Crippen molar-refractivity contribution >= 4 is 33.3 Å². The molecule has 1 aliphatic carbocycles. The third-order valence-electron chi connectivity index (χ3n) is 6.06. The van der Waals surface area contributed by atoms with Gasteiger partial charge in [-0.15, -0.1) is 0 Å². The van der Waals surface area contributed by atoms with Crippen LogP contribution < -0.4 is 4.72 Å². The van der Waals surface area contributed by atoms with Gasteiger partial charge < -0.3 is 18.9 Å². The van der Waals surface area contributed by atoms with Crippen molar-refractivity contribution in [2.24, 2.45) is 0 Å². The van der Waals surface area contributed by atoms with E-state index in [4.69, 9.17) is 30.5 Å². The van der Waals surface area contributed by atoms with E-state index in [-0.39, 0.29) is 41.8 Å². The molecule has 32 heavy (non-hydrogen) atoms. The van der Waals surface area contributed by atoms with Crippen LogP contribution in [0, 0.1) is 5.82 Å². The number of benzene rings is 1. The van der Waals surface area contributed by atoms with Gasteiger partial charge in [-0.1, -0.05) is 18.5 Å². The number of hydrogen-bond donors (Lipinski definition) is 1. The second-order valence-electron chi connectivity index (χ2n) is 8.07. The second kappa shape index (κ2) is 8.57. The number of carbonyl (C=O) groups is 1. The van der Waals surface area contributed by atoms with Crippen LogP contribution in [0.15, 0.2) is 29.8 Å². The number of nitrogens with one attached hydrogen (secondary N) is 1. The van der Waals surface area contributed by atoms with Crippen LogP contribution in [-0.2, 0) is 33.8 Å². The number of anilines is 1. The van der Waals surface area contributed by atoms with Gasteiger partial charge in [0, 0.05) is 6.42 Å². The van der Waals surface area contributed by atoms with Crippen LogP contribution in [0.5, 0.6) is 0 Å². The molecule has 3 aliphatic rings. The largest absolute Gasteiger partial charge is 0.463 e. The van der Waals surface area contributed by atoms with Crippen molar-refractivity contribution in [2.75, 3.05) is 24.5 Å². The molecule has 2 aliphatic heterocycles. The minimum atomic E-state index is -4.13. The maximum atomic E-state index is 13.3. The van der Waals surface area contributed by atoms with Gasteiger partial charge >= 0.3 is 5.97 Å². The van der Waals surface area contributed by atoms with Gasteiger partial charge in [0.1, 0.15) is 22.8 Å². The Hall–Kier alpha value is -1.72. The summed E-state index contributed by atoms with van der Waals surface area (Å²) in [5.41, 5.74) is -0.695. The summed E-state index contributed by atoms with van der Waals surface area (Å²) < 4.78 is 65.3. The van der Waals surface area contributed by atoms with Gasteiger partial charge in [0.05, 0.1) is 36.1 Å². The predicted molar refractivity (Wildman–Crippen MR) is 114 cm³/mol. The zero-order valence-electron chi connectivity index (χ0n) is 17.7. The molecule has 1 aromatic carbocycles. The molecule has 0 radical (unpaired) electrons. The third-order valence-corrected chi connectivity index (χ3v) is 8.12. The van der Waals surface area contributed by atoms with Gasteiger partial charge in [0.15, 0.2) is 5.79 Å². The average Bonchev–Trinajstić information content (AvgIpc) is 3.24. The zero-order valence-corrected chi connectivity index (χ0v) is 19.3. The minimum Gasteiger partial charge on any atom is -0.463 e. The van der Waals surface area contributed by atoms with Gasteiger partial charge in [-0.2, -0.15) is 0 Å². The highest BCUT2D eigenvalue weighted by Crippen LogP contribution is 2.48. The topological polar surface area (TPSA) is 100 Å². The lowest BCUT2D eigenvalue weighted by molar-refractivity contribution is -0.182. The number of ether oxygens (including phenoxy) is 4. The van der Waals surface area contributed by atoms with Gasteiger partial charge in [0.2, 0.25) is 10.0 Å². The number of sulfonamides is 1. The normalized spacial score (nSPS) is 31.9. The molecule has 0 aromatic heterocycles. The van der Waals surface area contributed by atoms with E-state index < -0.39 is 38.4 Å². The van der Waals surface area contributed by atoms with Crippen molar-refractivity contribution in [3.8, 4) is 0 Å². The van der Waals surface area contributed by atoms with E-state index in [2.05, 4.69) is 4.72 Å². The first-order chi connectivity index (χ1) is 15.1. The van der Waals surface area contributed by atoms with Crippen molar-refractivity contribution in [1.29, 1.82) is 0 Å². The fraction of sp³-hybridized carbons (Fsp3) is 0.571. The molecule has 2 fully saturated rings. The van der Waals surface area contributed by atoms with Gasteiger partial charge in [-0.25, -0.2) is 17.6 Å². The smallest absolute Gasteiger partial charge is 0.335 e. The lowest BCUT2D eigenvalue weighted by Gasteiger charge is -2.35. The fourth-order valence-electron chi connectivity index (χ4n) is 4.42. The zero-order chi connectivity index (χ0) is 23.1. The Bertz CT molecular complexity index is 1050. The number of hydrogen-bond acceptors (Lipinski definition) is 7. The standard InChI is InChI=1S/C21H25ClFNO7S/c1-3-20-12-28-11-18(20)30-21(31-20)8-7-17(14(10-21)19(25)29-4-2)32(26,27)24-16-6-5-13(23)9-15(16)22/h5-6,9-10,17-18,24H,3-4,7-8,11-12H2,1-2H3. The van der Waals surface area contributed by atoms with Crippen molar-refractivity contribution in [1.82, 2.24) is 0 Å². The number of fused-ring (bicyclic) bond motifs is 1. The molecular weight excluding hydrogens is 465 g/mol. The van der Waals surface area contributed by atoms with Crippen LogP contribution in [0.4, 0.5) is 10.1 Å². The molecule has 2 heterocycles. The van der Waals surface area contributed by atoms with E-state index in [1.807, 2.05) is 6.92 Å². The number of esters is 1. The van der Waals surface area contributed by atoms with E-state index >= 15 is 0 Å². The molecule has 0 bridgehead atoms. The molecule has 1 aromatic rings. The minimum absolute atomic E-state index is 0.0153. The molecule has 8 nitrogen and oxygen atoms in total. The van der Waals surface area contributed by atoms with E-state index in [0.29, 0.717) is 19.6 Å². The Balaban J connectivity index is 1.67. The highest BCUT2D eigenvalue weighted by Gasteiger charge is 2.60. The van der Waals surface area contributed by atoms with Gasteiger partial charge in [-0.05, 0) is 44.0 Å². The molecule has 176 valence electrons. The molecule has 4 atom stereocenters. The summed E-state index contributed by atoms with van der Waals surface area (Å²) in [5.74, 6) is -2.59. The Morgan fingerprint density at radius 2 is 2.16 bits per heavy atom. The lowest BCUT2D eigenvalue weighted by atomic mass is 9.93. The van der Waals surface area contributed by atoms with Crippen LogP contribution in [0.25, 0.3) is 0 Å². The Kier molecular flexibility index (Phi) is 6.28. The van der Waals surface area contributed by atoms with Crippen LogP contribution in [0.2, 0.25) is 5.02 Å². The number of rotatable bonds is 6. The molecule has 11 heteroatoms. The summed E-state index contributed by atoms with van der Waals surface area (Å²) in [6.07, 6.45) is 2.04. The first-order valence-electron chi connectivity index (χ1n) is 10.5. The van der Waals surface area contributed by atoms with Crippen LogP contribution in [0.1, 0.15) is 33.1 Å². The molecule has 2 saturated heterocycles. The highest BCUT2D eigenvalue weighted by atomic mass is 35.5. The summed E-state index contributed by atoms with van der Waals surface area (Å²) in [6, 6.07) is 3.32. The Morgan fingerprint density at radius 3 is 2.81 bits per heavy atom.